The van der Waals surface area contributed by atoms with Gasteiger partial charge in [0.2, 0.25) is 0 Å². The third-order valence-electron chi connectivity index (χ3n) is 3.82. The summed E-state index contributed by atoms with van der Waals surface area (Å²) in [5.74, 6) is 0.405. The van der Waals surface area contributed by atoms with Crippen molar-refractivity contribution in [1.82, 2.24) is 0 Å². The van der Waals surface area contributed by atoms with Gasteiger partial charge < -0.3 is 9.47 Å². The van der Waals surface area contributed by atoms with E-state index in [1.54, 1.807) is 7.11 Å². The first-order valence-corrected chi connectivity index (χ1v) is 7.33. The summed E-state index contributed by atoms with van der Waals surface area (Å²) in [5.41, 5.74) is 0.973. The lowest BCUT2D eigenvalue weighted by Gasteiger charge is -2.16. The van der Waals surface area contributed by atoms with Crippen molar-refractivity contribution in [2.45, 2.75) is 39.2 Å². The number of esters is 1. The van der Waals surface area contributed by atoms with Gasteiger partial charge in [0.25, 0.3) is 0 Å². The molecule has 0 radical (unpaired) electrons. The van der Waals surface area contributed by atoms with Crippen LogP contribution in [0.1, 0.15) is 38.7 Å². The first-order valence-electron chi connectivity index (χ1n) is 7.33. The topological polar surface area (TPSA) is 35.5 Å². The standard InChI is InChI=1S/C18H22O3/c1-5-12(2)21-18(19)13(3)14-6-7-16-11-17(20-4)9-8-15(16)10-14/h6-13H,5H2,1-4H3/t12?,13-/m0/s1. The van der Waals surface area contributed by atoms with Crippen LogP contribution in [0.4, 0.5) is 0 Å². The molecule has 0 aliphatic carbocycles. The van der Waals surface area contributed by atoms with Gasteiger partial charge in [-0.25, -0.2) is 0 Å². The second-order valence-electron chi connectivity index (χ2n) is 5.35. The lowest BCUT2D eigenvalue weighted by molar-refractivity contribution is -0.149. The Kier molecular flexibility index (Phi) is 4.84. The molecule has 0 aromatic heterocycles. The smallest absolute Gasteiger partial charge is 0.313 e. The molecule has 2 aromatic carbocycles. The molecule has 0 bridgehead atoms. The summed E-state index contributed by atoms with van der Waals surface area (Å²) < 4.78 is 10.6. The Morgan fingerprint density at radius 1 is 1.10 bits per heavy atom. The van der Waals surface area contributed by atoms with E-state index in [0.717, 1.165) is 28.5 Å². The average Bonchev–Trinajstić information content (AvgIpc) is 2.52. The van der Waals surface area contributed by atoms with Crippen molar-refractivity contribution >= 4 is 16.7 Å². The number of hydrogen-bond acceptors (Lipinski definition) is 3. The highest BCUT2D eigenvalue weighted by Crippen LogP contribution is 2.26. The van der Waals surface area contributed by atoms with Gasteiger partial charge in [-0.05, 0) is 48.7 Å². The van der Waals surface area contributed by atoms with Crippen molar-refractivity contribution in [2.24, 2.45) is 0 Å². The summed E-state index contributed by atoms with van der Waals surface area (Å²) in [5, 5.41) is 2.19. The zero-order valence-corrected chi connectivity index (χ0v) is 13.1. The van der Waals surface area contributed by atoms with Gasteiger partial charge in [-0.3, -0.25) is 4.79 Å². The highest BCUT2D eigenvalue weighted by Gasteiger charge is 2.19. The Bertz CT molecular complexity index is 633. The van der Waals surface area contributed by atoms with Crippen LogP contribution in [-0.4, -0.2) is 19.2 Å². The van der Waals surface area contributed by atoms with Gasteiger partial charge in [0.1, 0.15) is 5.75 Å². The lowest BCUT2D eigenvalue weighted by Crippen LogP contribution is -2.19. The molecule has 0 heterocycles. The molecular formula is C18H22O3. The fourth-order valence-corrected chi connectivity index (χ4v) is 2.16. The van der Waals surface area contributed by atoms with Crippen LogP contribution in [0.25, 0.3) is 10.8 Å². The maximum absolute atomic E-state index is 12.1. The van der Waals surface area contributed by atoms with Crippen LogP contribution in [0.15, 0.2) is 36.4 Å². The third kappa shape index (κ3) is 3.54. The van der Waals surface area contributed by atoms with E-state index in [4.69, 9.17) is 9.47 Å². The van der Waals surface area contributed by atoms with Gasteiger partial charge in [-0.2, -0.15) is 0 Å². The van der Waals surface area contributed by atoms with Gasteiger partial charge in [0.05, 0.1) is 19.1 Å². The predicted molar refractivity (Wildman–Crippen MR) is 84.8 cm³/mol. The maximum Gasteiger partial charge on any atom is 0.313 e. The second-order valence-corrected chi connectivity index (χ2v) is 5.35. The van der Waals surface area contributed by atoms with Gasteiger partial charge in [0.15, 0.2) is 0 Å². The van der Waals surface area contributed by atoms with Crippen LogP contribution in [-0.2, 0) is 9.53 Å². The zero-order valence-electron chi connectivity index (χ0n) is 13.1. The molecule has 2 aromatic rings. The van der Waals surface area contributed by atoms with Crippen molar-refractivity contribution < 1.29 is 14.3 Å². The molecule has 2 rings (SSSR count). The van der Waals surface area contributed by atoms with E-state index in [9.17, 15) is 4.79 Å². The maximum atomic E-state index is 12.1. The van der Waals surface area contributed by atoms with Gasteiger partial charge in [0, 0.05) is 0 Å². The summed E-state index contributed by atoms with van der Waals surface area (Å²) in [4.78, 5) is 12.1. The van der Waals surface area contributed by atoms with Crippen molar-refractivity contribution in [3.63, 3.8) is 0 Å². The molecule has 112 valence electrons. The molecule has 0 fully saturated rings. The molecular weight excluding hydrogens is 264 g/mol. The van der Waals surface area contributed by atoms with Crippen molar-refractivity contribution in [2.75, 3.05) is 7.11 Å². The Labute approximate surface area is 125 Å². The second kappa shape index (κ2) is 6.61. The van der Waals surface area contributed by atoms with Crippen LogP contribution in [0, 0.1) is 0 Å². The van der Waals surface area contributed by atoms with Crippen molar-refractivity contribution in [3.8, 4) is 5.75 Å². The molecule has 2 atom stereocenters. The molecule has 3 nitrogen and oxygen atoms in total. The lowest BCUT2D eigenvalue weighted by atomic mass is 9.97. The number of methoxy groups -OCH3 is 1. The molecule has 0 saturated heterocycles. The number of hydrogen-bond donors (Lipinski definition) is 0. The van der Waals surface area contributed by atoms with Crippen molar-refractivity contribution in [3.05, 3.63) is 42.0 Å². The molecule has 0 spiro atoms. The van der Waals surface area contributed by atoms with E-state index in [2.05, 4.69) is 0 Å². The number of ether oxygens (including phenoxy) is 2. The Hall–Kier alpha value is -2.03. The summed E-state index contributed by atoms with van der Waals surface area (Å²) in [7, 11) is 1.66. The minimum Gasteiger partial charge on any atom is -0.497 e. The van der Waals surface area contributed by atoms with Crippen LogP contribution in [0.5, 0.6) is 5.75 Å². The van der Waals surface area contributed by atoms with E-state index in [1.165, 1.54) is 0 Å². The third-order valence-corrected chi connectivity index (χ3v) is 3.82. The largest absolute Gasteiger partial charge is 0.497 e. The van der Waals surface area contributed by atoms with Gasteiger partial charge in [-0.15, -0.1) is 0 Å². The first-order chi connectivity index (χ1) is 10.0. The first kappa shape index (κ1) is 15.4. The van der Waals surface area contributed by atoms with Crippen LogP contribution < -0.4 is 4.74 Å². The average molecular weight is 286 g/mol. The molecule has 1 unspecified atom stereocenters. The highest BCUT2D eigenvalue weighted by atomic mass is 16.5. The normalized spacial score (nSPS) is 13.7. The monoisotopic (exact) mass is 286 g/mol. The SMILES string of the molecule is CCC(C)OC(=O)[C@@H](C)c1ccc2cc(OC)ccc2c1. The molecule has 0 N–H and O–H groups in total. The molecule has 0 amide bonds. The van der Waals surface area contributed by atoms with Crippen LogP contribution in [0.2, 0.25) is 0 Å². The fraction of sp³-hybridized carbons (Fsp3) is 0.389. The Morgan fingerprint density at radius 3 is 2.43 bits per heavy atom. The van der Waals surface area contributed by atoms with Gasteiger partial charge >= 0.3 is 5.97 Å². The number of carbonyl (C=O) groups is 1. The molecule has 21 heavy (non-hydrogen) atoms. The van der Waals surface area contributed by atoms with Gasteiger partial charge in [-0.1, -0.05) is 31.2 Å². The summed E-state index contributed by atoms with van der Waals surface area (Å²) in [6.45, 7) is 5.80. The van der Waals surface area contributed by atoms with E-state index >= 15 is 0 Å². The number of benzene rings is 2. The summed E-state index contributed by atoms with van der Waals surface area (Å²) in [6, 6.07) is 11.9. The van der Waals surface area contributed by atoms with Crippen LogP contribution >= 0.6 is 0 Å². The predicted octanol–water partition coefficient (Wildman–Crippen LogP) is 4.29. The summed E-state index contributed by atoms with van der Waals surface area (Å²) >= 11 is 0. The molecule has 0 aliphatic rings. The van der Waals surface area contributed by atoms with Crippen LogP contribution in [0.3, 0.4) is 0 Å². The summed E-state index contributed by atoms with van der Waals surface area (Å²) in [6.07, 6.45) is 0.792. The molecule has 0 aliphatic heterocycles. The van der Waals surface area contributed by atoms with E-state index < -0.39 is 0 Å². The van der Waals surface area contributed by atoms with E-state index in [-0.39, 0.29) is 18.0 Å². The number of carbonyl (C=O) groups excluding carboxylic acids is 1. The molecule has 3 heteroatoms. The zero-order chi connectivity index (χ0) is 15.4. The Morgan fingerprint density at radius 2 is 1.76 bits per heavy atom. The fourth-order valence-electron chi connectivity index (χ4n) is 2.16. The minimum atomic E-state index is -0.259. The molecule has 0 saturated carbocycles. The number of fused-ring (bicyclic) bond motifs is 1. The quantitative estimate of drug-likeness (QED) is 0.769. The van der Waals surface area contributed by atoms with Crippen molar-refractivity contribution in [1.29, 1.82) is 0 Å². The number of rotatable bonds is 5. The van der Waals surface area contributed by atoms with E-state index in [1.807, 2.05) is 57.2 Å². The van der Waals surface area contributed by atoms with E-state index in [0.29, 0.717) is 0 Å². The highest BCUT2D eigenvalue weighted by molar-refractivity contribution is 5.86. The Balaban J connectivity index is 2.24. The minimum absolute atomic E-state index is 0.0373.